The highest BCUT2D eigenvalue weighted by Gasteiger charge is 2.20. The molecule has 104 valence electrons. The summed E-state index contributed by atoms with van der Waals surface area (Å²) in [6, 6.07) is 5.55. The minimum absolute atomic E-state index is 0.466. The van der Waals surface area contributed by atoms with Crippen molar-refractivity contribution in [2.45, 2.75) is 20.8 Å². The number of esters is 1. The second kappa shape index (κ2) is 7.88. The topological polar surface area (TPSA) is 44.8 Å². The van der Waals surface area contributed by atoms with E-state index in [0.29, 0.717) is 19.0 Å². The van der Waals surface area contributed by atoms with Crippen LogP contribution in [0.5, 0.6) is 5.75 Å². The van der Waals surface area contributed by atoms with Gasteiger partial charge in [0.1, 0.15) is 5.75 Å². The number of ether oxygens (including phenoxy) is 1. The molecule has 0 aromatic heterocycles. The van der Waals surface area contributed by atoms with Gasteiger partial charge in [0, 0.05) is 19.3 Å². The molecule has 0 heterocycles. The zero-order chi connectivity index (χ0) is 14.3. The Morgan fingerprint density at radius 2 is 1.95 bits per heavy atom. The second-order valence-electron chi connectivity index (χ2n) is 3.84. The summed E-state index contributed by atoms with van der Waals surface area (Å²) in [5, 5.41) is 0.998. The van der Waals surface area contributed by atoms with Gasteiger partial charge in [-0.3, -0.25) is 0 Å². The number of benzene rings is 1. The number of hydrogen-bond donors (Lipinski definition) is 0. The first-order valence-corrected chi connectivity index (χ1v) is 7.83. The van der Waals surface area contributed by atoms with Crippen LogP contribution in [0.4, 0.5) is 0 Å². The zero-order valence-corrected chi connectivity index (χ0v) is 12.8. The molecule has 0 N–H and O–H groups in total. The predicted octanol–water partition coefficient (Wildman–Crippen LogP) is 1.59. The molecular weight excluding hydrogens is 260 g/mol. The van der Waals surface area contributed by atoms with Gasteiger partial charge in [-0.15, -0.1) is 0 Å². The van der Waals surface area contributed by atoms with Gasteiger partial charge in [-0.2, -0.15) is 0 Å². The Morgan fingerprint density at radius 3 is 2.47 bits per heavy atom. The molecule has 4 nitrogen and oxygen atoms in total. The molecule has 0 spiro atoms. The van der Waals surface area contributed by atoms with E-state index in [1.807, 2.05) is 32.9 Å². The lowest BCUT2D eigenvalue weighted by Crippen LogP contribution is -2.39. The van der Waals surface area contributed by atoms with Crippen molar-refractivity contribution in [2.24, 2.45) is 0 Å². The van der Waals surface area contributed by atoms with E-state index in [1.54, 1.807) is 6.07 Å². The smallest absolute Gasteiger partial charge is 0.356 e. The third-order valence-electron chi connectivity index (χ3n) is 2.59. The van der Waals surface area contributed by atoms with Crippen molar-refractivity contribution in [1.29, 1.82) is 0 Å². The lowest BCUT2D eigenvalue weighted by Gasteiger charge is -2.18. The van der Waals surface area contributed by atoms with E-state index in [4.69, 9.17) is 13.6 Å². The lowest BCUT2D eigenvalue weighted by atomic mass is 10.2. The predicted molar refractivity (Wildman–Crippen MR) is 77.0 cm³/mol. The van der Waals surface area contributed by atoms with Crippen LogP contribution in [0.25, 0.3) is 0 Å². The van der Waals surface area contributed by atoms with E-state index in [2.05, 4.69) is 6.58 Å². The highest BCUT2D eigenvalue weighted by atomic mass is 28.3. The van der Waals surface area contributed by atoms with Crippen LogP contribution in [0, 0.1) is 6.92 Å². The number of carbonyl (C=O) groups excluding carboxylic acids is 1. The maximum atomic E-state index is 11.3. The number of hydrogen-bond acceptors (Lipinski definition) is 4. The fourth-order valence-electron chi connectivity index (χ4n) is 1.68. The SMILES string of the molecule is C=CC(=O)Oc1cccc([SiH](OCC)OCC)c1C. The van der Waals surface area contributed by atoms with Crippen molar-refractivity contribution in [1.82, 2.24) is 0 Å². The lowest BCUT2D eigenvalue weighted by molar-refractivity contribution is -0.129. The summed E-state index contributed by atoms with van der Waals surface area (Å²) >= 11 is 0. The van der Waals surface area contributed by atoms with Crippen LogP contribution in [-0.2, 0) is 13.6 Å². The molecule has 0 fully saturated rings. The van der Waals surface area contributed by atoms with Gasteiger partial charge in [-0.25, -0.2) is 4.79 Å². The fourth-order valence-corrected chi connectivity index (χ4v) is 3.50. The summed E-state index contributed by atoms with van der Waals surface area (Å²) in [6.07, 6.45) is 1.14. The molecule has 1 aromatic rings. The minimum Gasteiger partial charge on any atom is -0.423 e. The van der Waals surface area contributed by atoms with Crippen LogP contribution in [0.15, 0.2) is 30.9 Å². The van der Waals surface area contributed by atoms with Gasteiger partial charge in [0.25, 0.3) is 0 Å². The van der Waals surface area contributed by atoms with Crippen LogP contribution in [0.2, 0.25) is 0 Å². The van der Waals surface area contributed by atoms with Gasteiger partial charge in [0.2, 0.25) is 0 Å². The van der Waals surface area contributed by atoms with Crippen molar-refractivity contribution in [3.8, 4) is 5.75 Å². The first-order chi connectivity index (χ1) is 9.13. The van der Waals surface area contributed by atoms with E-state index in [1.165, 1.54) is 0 Å². The Labute approximate surface area is 115 Å². The normalized spacial score (nSPS) is 10.5. The van der Waals surface area contributed by atoms with Crippen molar-refractivity contribution in [3.05, 3.63) is 36.4 Å². The summed E-state index contributed by atoms with van der Waals surface area (Å²) in [5.41, 5.74) is 0.885. The monoisotopic (exact) mass is 280 g/mol. The summed E-state index contributed by atoms with van der Waals surface area (Å²) in [5.74, 6) is 0.0607. The zero-order valence-electron chi connectivity index (χ0n) is 11.6. The maximum absolute atomic E-state index is 11.3. The van der Waals surface area contributed by atoms with E-state index >= 15 is 0 Å². The molecule has 0 unspecified atom stereocenters. The van der Waals surface area contributed by atoms with Crippen molar-refractivity contribution in [3.63, 3.8) is 0 Å². The Balaban J connectivity index is 3.03. The van der Waals surface area contributed by atoms with E-state index < -0.39 is 15.3 Å². The first kappa shape index (κ1) is 15.6. The average molecular weight is 280 g/mol. The van der Waals surface area contributed by atoms with Crippen LogP contribution in [0.1, 0.15) is 19.4 Å². The van der Waals surface area contributed by atoms with E-state index in [-0.39, 0.29) is 0 Å². The molecule has 0 bridgehead atoms. The summed E-state index contributed by atoms with van der Waals surface area (Å²) in [6.45, 7) is 10.4. The Kier molecular flexibility index (Phi) is 6.48. The molecule has 1 aromatic carbocycles. The number of rotatable bonds is 7. The summed E-state index contributed by atoms with van der Waals surface area (Å²) in [4.78, 5) is 11.3. The molecule has 0 aliphatic carbocycles. The minimum atomic E-state index is -1.93. The molecule has 0 radical (unpaired) electrons. The third-order valence-corrected chi connectivity index (χ3v) is 5.00. The summed E-state index contributed by atoms with van der Waals surface area (Å²) < 4.78 is 16.6. The highest BCUT2D eigenvalue weighted by molar-refractivity contribution is 6.62. The first-order valence-electron chi connectivity index (χ1n) is 6.30. The van der Waals surface area contributed by atoms with Crippen molar-refractivity contribution in [2.75, 3.05) is 13.2 Å². The molecule has 5 heteroatoms. The molecule has 0 saturated heterocycles. The second-order valence-corrected chi connectivity index (χ2v) is 5.79. The van der Waals surface area contributed by atoms with E-state index in [9.17, 15) is 4.79 Å². The molecule has 0 atom stereocenters. The molecular formula is C14H20O4Si. The number of carbonyl (C=O) groups is 1. The average Bonchev–Trinajstić information content (AvgIpc) is 2.41. The van der Waals surface area contributed by atoms with Gasteiger partial charge in [0.15, 0.2) is 0 Å². The Hall–Kier alpha value is -1.43. The summed E-state index contributed by atoms with van der Waals surface area (Å²) in [7, 11) is -1.93. The molecule has 0 saturated carbocycles. The van der Waals surface area contributed by atoms with Crippen LogP contribution in [0.3, 0.4) is 0 Å². The molecule has 0 aliphatic heterocycles. The maximum Gasteiger partial charge on any atom is 0.356 e. The molecule has 1 rings (SSSR count). The van der Waals surface area contributed by atoms with Crippen LogP contribution in [-0.4, -0.2) is 28.5 Å². The molecule has 0 amide bonds. The van der Waals surface area contributed by atoms with Crippen molar-refractivity contribution >= 4 is 20.4 Å². The largest absolute Gasteiger partial charge is 0.423 e. The van der Waals surface area contributed by atoms with Gasteiger partial charge in [0.05, 0.1) is 0 Å². The fraction of sp³-hybridized carbons (Fsp3) is 0.357. The van der Waals surface area contributed by atoms with Crippen LogP contribution < -0.4 is 9.92 Å². The highest BCUT2D eigenvalue weighted by Crippen LogP contribution is 2.16. The quantitative estimate of drug-likeness (QED) is 0.329. The Morgan fingerprint density at radius 1 is 1.32 bits per heavy atom. The molecule has 19 heavy (non-hydrogen) atoms. The van der Waals surface area contributed by atoms with Gasteiger partial charge >= 0.3 is 15.3 Å². The standard InChI is InChI=1S/C14H20O4Si/c1-5-14(15)18-12-9-8-10-13(11(12)4)19(16-6-2)17-7-3/h5,8-10,19H,1,6-7H2,2-4H3. The van der Waals surface area contributed by atoms with Crippen LogP contribution >= 0.6 is 0 Å². The molecule has 0 aliphatic rings. The van der Waals surface area contributed by atoms with Gasteiger partial charge in [-0.1, -0.05) is 18.7 Å². The van der Waals surface area contributed by atoms with Gasteiger partial charge < -0.3 is 13.6 Å². The van der Waals surface area contributed by atoms with E-state index in [0.717, 1.165) is 16.8 Å². The van der Waals surface area contributed by atoms with Gasteiger partial charge in [-0.05, 0) is 37.6 Å². The third kappa shape index (κ3) is 4.31. The van der Waals surface area contributed by atoms with Crippen molar-refractivity contribution < 1.29 is 18.4 Å². The Bertz CT molecular complexity index is 439.